The SMILES string of the molecule is O=C(c1coc(-c2ccccc2)n1)N(Cc1ccsc1)C1CC12CCNCC2. The maximum atomic E-state index is 13.4. The summed E-state index contributed by atoms with van der Waals surface area (Å²) >= 11 is 1.67. The summed E-state index contributed by atoms with van der Waals surface area (Å²) in [5.74, 6) is 0.462. The van der Waals surface area contributed by atoms with Crippen LogP contribution in [0.2, 0.25) is 0 Å². The van der Waals surface area contributed by atoms with Gasteiger partial charge in [-0.05, 0) is 72.3 Å². The zero-order valence-corrected chi connectivity index (χ0v) is 16.5. The first-order valence-electron chi connectivity index (χ1n) is 9.79. The minimum absolute atomic E-state index is 0.0301. The molecule has 2 fully saturated rings. The van der Waals surface area contributed by atoms with Gasteiger partial charge in [0.05, 0.1) is 0 Å². The van der Waals surface area contributed by atoms with Gasteiger partial charge in [-0.3, -0.25) is 4.79 Å². The number of oxazole rings is 1. The molecule has 1 unspecified atom stereocenters. The first-order valence-corrected chi connectivity index (χ1v) is 10.7. The maximum absolute atomic E-state index is 13.4. The van der Waals surface area contributed by atoms with Crippen LogP contribution in [0.25, 0.3) is 11.5 Å². The summed E-state index contributed by atoms with van der Waals surface area (Å²) in [5.41, 5.74) is 2.74. The van der Waals surface area contributed by atoms with Crippen LogP contribution >= 0.6 is 11.3 Å². The Bertz CT molecular complexity index is 945. The predicted molar refractivity (Wildman–Crippen MR) is 109 cm³/mol. The second-order valence-corrected chi connectivity index (χ2v) is 8.58. The van der Waals surface area contributed by atoms with E-state index in [1.807, 2.05) is 35.2 Å². The molecule has 2 aromatic heterocycles. The molecule has 144 valence electrons. The van der Waals surface area contributed by atoms with Crippen molar-refractivity contribution in [1.29, 1.82) is 0 Å². The van der Waals surface area contributed by atoms with Crippen LogP contribution in [0.1, 0.15) is 35.3 Å². The number of rotatable bonds is 5. The van der Waals surface area contributed by atoms with Crippen molar-refractivity contribution in [2.75, 3.05) is 13.1 Å². The molecule has 5 rings (SSSR count). The molecule has 3 aromatic rings. The first-order chi connectivity index (χ1) is 13.8. The van der Waals surface area contributed by atoms with Gasteiger partial charge >= 0.3 is 0 Å². The van der Waals surface area contributed by atoms with Gasteiger partial charge in [0.25, 0.3) is 5.91 Å². The summed E-state index contributed by atoms with van der Waals surface area (Å²) in [6.07, 6.45) is 4.87. The first kappa shape index (κ1) is 17.6. The van der Waals surface area contributed by atoms with Crippen molar-refractivity contribution in [1.82, 2.24) is 15.2 Å². The molecule has 5 nitrogen and oxygen atoms in total. The quantitative estimate of drug-likeness (QED) is 0.706. The molecule has 1 aliphatic heterocycles. The number of piperidine rings is 1. The van der Waals surface area contributed by atoms with Gasteiger partial charge in [0.15, 0.2) is 5.69 Å². The van der Waals surface area contributed by atoms with Crippen LogP contribution in [0.5, 0.6) is 0 Å². The molecule has 1 N–H and O–H groups in total. The highest BCUT2D eigenvalue weighted by atomic mass is 32.1. The summed E-state index contributed by atoms with van der Waals surface area (Å²) in [6.45, 7) is 2.72. The Kier molecular flexibility index (Phi) is 4.53. The lowest BCUT2D eigenvalue weighted by Crippen LogP contribution is -2.39. The molecule has 1 amide bonds. The number of nitrogens with zero attached hydrogens (tertiary/aromatic N) is 2. The molecule has 28 heavy (non-hydrogen) atoms. The zero-order chi connectivity index (χ0) is 19.0. The predicted octanol–water partition coefficient (Wildman–Crippen LogP) is 4.19. The van der Waals surface area contributed by atoms with Crippen molar-refractivity contribution >= 4 is 17.2 Å². The molecule has 6 heteroatoms. The van der Waals surface area contributed by atoms with Crippen LogP contribution in [0.4, 0.5) is 0 Å². The molecule has 1 spiro atoms. The minimum atomic E-state index is -0.0301. The Morgan fingerprint density at radius 1 is 1.25 bits per heavy atom. The van der Waals surface area contributed by atoms with E-state index in [9.17, 15) is 4.79 Å². The Hall–Kier alpha value is -2.44. The molecule has 0 bridgehead atoms. The van der Waals surface area contributed by atoms with Gasteiger partial charge in [-0.1, -0.05) is 18.2 Å². The highest BCUT2D eigenvalue weighted by Crippen LogP contribution is 2.56. The molecule has 3 heterocycles. The monoisotopic (exact) mass is 393 g/mol. The lowest BCUT2D eigenvalue weighted by Gasteiger charge is -2.29. The number of aromatic nitrogens is 1. The Morgan fingerprint density at radius 2 is 2.07 bits per heavy atom. The van der Waals surface area contributed by atoms with Gasteiger partial charge in [0.1, 0.15) is 6.26 Å². The molecule has 1 aromatic carbocycles. The van der Waals surface area contributed by atoms with Crippen molar-refractivity contribution in [2.45, 2.75) is 31.8 Å². The summed E-state index contributed by atoms with van der Waals surface area (Å²) in [7, 11) is 0. The molecule has 0 radical (unpaired) electrons. The molecule has 1 aliphatic carbocycles. The van der Waals surface area contributed by atoms with Gasteiger partial charge in [-0.15, -0.1) is 0 Å². The Morgan fingerprint density at radius 3 is 2.82 bits per heavy atom. The number of hydrogen-bond donors (Lipinski definition) is 1. The van der Waals surface area contributed by atoms with Gasteiger partial charge in [-0.25, -0.2) is 4.98 Å². The van der Waals surface area contributed by atoms with Crippen LogP contribution in [-0.2, 0) is 6.54 Å². The van der Waals surface area contributed by atoms with E-state index in [2.05, 4.69) is 27.1 Å². The normalized spacial score (nSPS) is 20.2. The smallest absolute Gasteiger partial charge is 0.276 e. The molecular weight excluding hydrogens is 370 g/mol. The van der Waals surface area contributed by atoms with E-state index in [-0.39, 0.29) is 11.3 Å². The second kappa shape index (κ2) is 7.18. The standard InChI is InChI=1S/C22H23N3O2S/c26-21(18-14-27-20(24-18)17-4-2-1-3-5-17)25(13-16-6-11-28-15-16)19-12-22(19)7-9-23-10-8-22/h1-6,11,14-15,19,23H,7-10,12-13H2. The number of nitrogens with one attached hydrogen (secondary N) is 1. The van der Waals surface area contributed by atoms with E-state index < -0.39 is 0 Å². The zero-order valence-electron chi connectivity index (χ0n) is 15.6. The van der Waals surface area contributed by atoms with Crippen LogP contribution < -0.4 is 5.32 Å². The van der Waals surface area contributed by atoms with Crippen LogP contribution in [0.3, 0.4) is 0 Å². The second-order valence-electron chi connectivity index (χ2n) is 7.80. The van der Waals surface area contributed by atoms with Gasteiger partial charge in [0, 0.05) is 18.2 Å². The topological polar surface area (TPSA) is 58.4 Å². The van der Waals surface area contributed by atoms with E-state index in [4.69, 9.17) is 4.42 Å². The molecule has 2 aliphatic rings. The van der Waals surface area contributed by atoms with Crippen molar-refractivity contribution in [3.8, 4) is 11.5 Å². The molecule has 1 saturated heterocycles. The van der Waals surface area contributed by atoms with Crippen LogP contribution in [0, 0.1) is 5.41 Å². The van der Waals surface area contributed by atoms with Crippen LogP contribution in [-0.4, -0.2) is 34.9 Å². The van der Waals surface area contributed by atoms with E-state index in [0.29, 0.717) is 24.2 Å². The van der Waals surface area contributed by atoms with Gasteiger partial charge in [-0.2, -0.15) is 11.3 Å². The average molecular weight is 394 g/mol. The summed E-state index contributed by atoms with van der Waals surface area (Å²) in [4.78, 5) is 19.9. The number of thiophene rings is 1. The van der Waals surface area contributed by atoms with E-state index >= 15 is 0 Å². The minimum Gasteiger partial charge on any atom is -0.444 e. The molecule has 1 atom stereocenters. The lowest BCUT2D eigenvalue weighted by molar-refractivity contribution is 0.0686. The third-order valence-corrected chi connectivity index (χ3v) is 6.79. The highest BCUT2D eigenvalue weighted by molar-refractivity contribution is 7.07. The number of hydrogen-bond acceptors (Lipinski definition) is 5. The van der Waals surface area contributed by atoms with E-state index in [0.717, 1.165) is 37.9 Å². The fourth-order valence-electron chi connectivity index (χ4n) is 4.36. The van der Waals surface area contributed by atoms with E-state index in [1.54, 1.807) is 11.3 Å². The summed E-state index contributed by atoms with van der Waals surface area (Å²) < 4.78 is 5.63. The number of benzene rings is 1. The van der Waals surface area contributed by atoms with Crippen molar-refractivity contribution in [3.63, 3.8) is 0 Å². The van der Waals surface area contributed by atoms with E-state index in [1.165, 1.54) is 11.8 Å². The third kappa shape index (κ3) is 3.27. The van der Waals surface area contributed by atoms with Crippen molar-refractivity contribution < 1.29 is 9.21 Å². The largest absolute Gasteiger partial charge is 0.444 e. The Labute approximate surface area is 168 Å². The van der Waals surface area contributed by atoms with Gasteiger partial charge in [0.2, 0.25) is 5.89 Å². The van der Waals surface area contributed by atoms with Crippen LogP contribution in [0.15, 0.2) is 57.8 Å². The Balaban J connectivity index is 1.41. The van der Waals surface area contributed by atoms with Crippen molar-refractivity contribution in [3.05, 3.63) is 64.7 Å². The summed E-state index contributed by atoms with van der Waals surface area (Å²) in [6, 6.07) is 12.1. The summed E-state index contributed by atoms with van der Waals surface area (Å²) in [5, 5.41) is 7.62. The third-order valence-electron chi connectivity index (χ3n) is 6.06. The fourth-order valence-corrected chi connectivity index (χ4v) is 5.02. The number of carbonyl (C=O) groups excluding carboxylic acids is 1. The average Bonchev–Trinajstić information content (AvgIpc) is 3.16. The molecule has 1 saturated carbocycles. The van der Waals surface area contributed by atoms with Crippen molar-refractivity contribution in [2.24, 2.45) is 5.41 Å². The maximum Gasteiger partial charge on any atom is 0.276 e. The lowest BCUT2D eigenvalue weighted by atomic mass is 9.93. The highest BCUT2D eigenvalue weighted by Gasteiger charge is 2.58. The molecular formula is C22H23N3O2S. The number of amides is 1. The number of carbonyl (C=O) groups is 1. The van der Waals surface area contributed by atoms with Gasteiger partial charge < -0.3 is 14.6 Å². The fraction of sp³-hybridized carbons (Fsp3) is 0.364.